The van der Waals surface area contributed by atoms with Gasteiger partial charge in [0.1, 0.15) is 23.7 Å². The molecule has 2 atom stereocenters. The Morgan fingerprint density at radius 3 is 3.04 bits per heavy atom. The van der Waals surface area contributed by atoms with E-state index in [1.807, 2.05) is 23.9 Å². The Morgan fingerprint density at radius 1 is 1.50 bits per heavy atom. The van der Waals surface area contributed by atoms with Gasteiger partial charge in [-0.15, -0.1) is 0 Å². The fraction of sp³-hybridized carbons (Fsp3) is 0.412. The first-order valence-electron chi connectivity index (χ1n) is 7.92. The largest absolute Gasteiger partial charge is 0.370 e. The molecule has 0 bridgehead atoms. The van der Waals surface area contributed by atoms with Crippen molar-refractivity contribution in [1.29, 1.82) is 5.26 Å². The van der Waals surface area contributed by atoms with Crippen LogP contribution in [0.2, 0.25) is 0 Å². The van der Waals surface area contributed by atoms with Crippen molar-refractivity contribution in [1.82, 2.24) is 19.9 Å². The van der Waals surface area contributed by atoms with E-state index in [-0.39, 0.29) is 17.9 Å². The summed E-state index contributed by atoms with van der Waals surface area (Å²) in [4.78, 5) is 20.6. The normalized spacial score (nSPS) is 20.3. The van der Waals surface area contributed by atoms with Crippen LogP contribution in [0.15, 0.2) is 30.7 Å². The first-order valence-corrected chi connectivity index (χ1v) is 7.92. The molecule has 1 amide bonds. The maximum atomic E-state index is 12.3. The molecule has 1 N–H and O–H groups in total. The van der Waals surface area contributed by atoms with Gasteiger partial charge in [0.25, 0.3) is 5.91 Å². The first-order chi connectivity index (χ1) is 11.7. The van der Waals surface area contributed by atoms with Gasteiger partial charge in [-0.1, -0.05) is 0 Å². The Bertz CT molecular complexity index is 747. The van der Waals surface area contributed by atoms with Crippen LogP contribution < -0.4 is 5.32 Å². The van der Waals surface area contributed by atoms with Gasteiger partial charge in [-0.3, -0.25) is 4.79 Å². The van der Waals surface area contributed by atoms with Crippen LogP contribution in [0.3, 0.4) is 0 Å². The molecule has 1 saturated heterocycles. The molecule has 2 aromatic rings. The molecule has 2 aromatic heterocycles. The zero-order chi connectivity index (χ0) is 16.9. The Kier molecular flexibility index (Phi) is 4.87. The number of nitriles is 1. The van der Waals surface area contributed by atoms with Crippen molar-refractivity contribution < 1.29 is 9.53 Å². The molecule has 1 aliphatic heterocycles. The molecule has 24 heavy (non-hydrogen) atoms. The summed E-state index contributed by atoms with van der Waals surface area (Å²) in [6, 6.07) is 5.08. The maximum absolute atomic E-state index is 12.3. The van der Waals surface area contributed by atoms with Gasteiger partial charge in [-0.2, -0.15) is 5.26 Å². The van der Waals surface area contributed by atoms with E-state index in [9.17, 15) is 4.79 Å². The molecule has 7 heteroatoms. The minimum atomic E-state index is -0.198. The van der Waals surface area contributed by atoms with Crippen LogP contribution in [-0.4, -0.2) is 33.6 Å². The van der Waals surface area contributed by atoms with Crippen LogP contribution in [-0.2, 0) is 11.8 Å². The molecular weight excluding hydrogens is 306 g/mol. The fourth-order valence-corrected chi connectivity index (χ4v) is 2.91. The lowest BCUT2D eigenvalue weighted by molar-refractivity contribution is -0.0337. The van der Waals surface area contributed by atoms with Gasteiger partial charge in [0, 0.05) is 44.7 Å². The lowest BCUT2D eigenvalue weighted by Gasteiger charge is -2.31. The molecular formula is C17H19N5O2. The third kappa shape index (κ3) is 3.44. The topological polar surface area (TPSA) is 92.8 Å². The summed E-state index contributed by atoms with van der Waals surface area (Å²) in [5.74, 6) is 0.861. The second-order valence-corrected chi connectivity index (χ2v) is 5.84. The highest BCUT2D eigenvalue weighted by molar-refractivity contribution is 5.93. The van der Waals surface area contributed by atoms with Gasteiger partial charge in [-0.25, -0.2) is 9.97 Å². The highest BCUT2D eigenvalue weighted by Gasteiger charge is 2.30. The summed E-state index contributed by atoms with van der Waals surface area (Å²) >= 11 is 0. The Hall–Kier alpha value is -2.72. The van der Waals surface area contributed by atoms with Crippen LogP contribution in [0.5, 0.6) is 0 Å². The van der Waals surface area contributed by atoms with Crippen molar-refractivity contribution >= 4 is 5.91 Å². The molecule has 1 aliphatic rings. The number of hydrogen-bond donors (Lipinski definition) is 1. The van der Waals surface area contributed by atoms with Gasteiger partial charge in [-0.05, 0) is 25.0 Å². The van der Waals surface area contributed by atoms with Crippen molar-refractivity contribution in [2.75, 3.05) is 13.2 Å². The maximum Gasteiger partial charge on any atom is 0.252 e. The average Bonchev–Trinajstić information content (AvgIpc) is 3.06. The van der Waals surface area contributed by atoms with Crippen molar-refractivity contribution in [2.45, 2.75) is 18.9 Å². The van der Waals surface area contributed by atoms with Gasteiger partial charge in [0.15, 0.2) is 0 Å². The standard InChI is InChI=1S/C17H19N5O2/c1-22-7-6-19-16(22)15-12(3-2-8-24-15)10-21-17(23)13-4-5-14(9-18)20-11-13/h4-7,11-12,15H,2-3,8,10H2,1H3,(H,21,23)/t12-,15+/m0/s1. The van der Waals surface area contributed by atoms with Crippen LogP contribution in [0.1, 0.15) is 40.8 Å². The number of nitrogens with one attached hydrogen (secondary N) is 1. The van der Waals surface area contributed by atoms with Gasteiger partial charge in [0.05, 0.1) is 5.56 Å². The summed E-state index contributed by atoms with van der Waals surface area (Å²) in [6.45, 7) is 1.22. The Labute approximate surface area is 140 Å². The first kappa shape index (κ1) is 16.1. The SMILES string of the molecule is Cn1ccnc1[C@@H]1OCCC[C@H]1CNC(=O)c1ccc(C#N)nc1. The van der Waals surface area contributed by atoms with E-state index < -0.39 is 0 Å². The predicted octanol–water partition coefficient (Wildman–Crippen LogP) is 1.58. The van der Waals surface area contributed by atoms with Gasteiger partial charge < -0.3 is 14.6 Å². The Balaban J connectivity index is 1.64. The second-order valence-electron chi connectivity index (χ2n) is 5.84. The molecule has 0 aromatic carbocycles. The zero-order valence-electron chi connectivity index (χ0n) is 13.5. The van der Waals surface area contributed by atoms with Crippen LogP contribution in [0, 0.1) is 17.2 Å². The molecule has 1 fully saturated rings. The number of aromatic nitrogens is 3. The van der Waals surface area contributed by atoms with E-state index in [1.54, 1.807) is 12.3 Å². The van der Waals surface area contributed by atoms with Crippen molar-refractivity contribution in [3.05, 3.63) is 47.8 Å². The minimum Gasteiger partial charge on any atom is -0.370 e. The van der Waals surface area contributed by atoms with E-state index in [0.717, 1.165) is 18.7 Å². The number of rotatable bonds is 4. The average molecular weight is 325 g/mol. The number of imidazole rings is 1. The van der Waals surface area contributed by atoms with Gasteiger partial charge >= 0.3 is 0 Å². The summed E-state index contributed by atoms with van der Waals surface area (Å²) in [5, 5.41) is 11.7. The highest BCUT2D eigenvalue weighted by Crippen LogP contribution is 2.32. The van der Waals surface area contributed by atoms with E-state index in [1.165, 1.54) is 12.3 Å². The molecule has 0 unspecified atom stereocenters. The van der Waals surface area contributed by atoms with Crippen LogP contribution >= 0.6 is 0 Å². The number of amides is 1. The molecule has 0 radical (unpaired) electrons. The number of carbonyl (C=O) groups excluding carboxylic acids is 1. The number of nitrogens with zero attached hydrogens (tertiary/aromatic N) is 4. The van der Waals surface area contributed by atoms with Crippen LogP contribution in [0.25, 0.3) is 0 Å². The minimum absolute atomic E-state index is 0.113. The third-order valence-electron chi connectivity index (χ3n) is 4.22. The smallest absolute Gasteiger partial charge is 0.252 e. The lowest BCUT2D eigenvalue weighted by Crippen LogP contribution is -2.36. The van der Waals surface area contributed by atoms with Crippen LogP contribution in [0.4, 0.5) is 0 Å². The molecule has 7 nitrogen and oxygen atoms in total. The molecule has 0 aliphatic carbocycles. The number of pyridine rings is 1. The Morgan fingerprint density at radius 2 is 2.38 bits per heavy atom. The van der Waals surface area contributed by atoms with E-state index in [4.69, 9.17) is 10.00 Å². The molecule has 0 saturated carbocycles. The monoisotopic (exact) mass is 325 g/mol. The predicted molar refractivity (Wildman–Crippen MR) is 85.9 cm³/mol. The van der Waals surface area contributed by atoms with E-state index in [2.05, 4.69) is 15.3 Å². The zero-order valence-corrected chi connectivity index (χ0v) is 13.5. The quantitative estimate of drug-likeness (QED) is 0.921. The summed E-state index contributed by atoms with van der Waals surface area (Å²) in [6.07, 6.45) is 6.90. The second kappa shape index (κ2) is 7.23. The fourth-order valence-electron chi connectivity index (χ4n) is 2.91. The summed E-state index contributed by atoms with van der Waals surface area (Å²) < 4.78 is 7.85. The molecule has 124 valence electrons. The van der Waals surface area contributed by atoms with E-state index >= 15 is 0 Å². The van der Waals surface area contributed by atoms with Crippen molar-refractivity contribution in [3.8, 4) is 6.07 Å². The molecule has 3 rings (SSSR count). The van der Waals surface area contributed by atoms with Crippen molar-refractivity contribution in [3.63, 3.8) is 0 Å². The third-order valence-corrected chi connectivity index (χ3v) is 4.22. The molecule has 0 spiro atoms. The highest BCUT2D eigenvalue weighted by atomic mass is 16.5. The summed E-state index contributed by atoms with van der Waals surface area (Å²) in [5.41, 5.74) is 0.737. The molecule has 3 heterocycles. The lowest BCUT2D eigenvalue weighted by atomic mass is 9.93. The summed E-state index contributed by atoms with van der Waals surface area (Å²) in [7, 11) is 1.94. The van der Waals surface area contributed by atoms with E-state index in [0.29, 0.717) is 24.4 Å². The number of ether oxygens (including phenoxy) is 1. The van der Waals surface area contributed by atoms with Crippen molar-refractivity contribution in [2.24, 2.45) is 13.0 Å². The number of hydrogen-bond acceptors (Lipinski definition) is 5. The number of carbonyl (C=O) groups is 1. The number of aryl methyl sites for hydroxylation is 1. The van der Waals surface area contributed by atoms with Gasteiger partial charge in [0.2, 0.25) is 0 Å².